The van der Waals surface area contributed by atoms with Gasteiger partial charge in [0.15, 0.2) is 0 Å². The lowest BCUT2D eigenvalue weighted by Crippen LogP contribution is -2.26. The van der Waals surface area contributed by atoms with Crippen molar-refractivity contribution in [2.24, 2.45) is 0 Å². The van der Waals surface area contributed by atoms with E-state index in [1.807, 2.05) is 12.1 Å². The summed E-state index contributed by atoms with van der Waals surface area (Å²) in [7, 11) is 1.75. The highest BCUT2D eigenvalue weighted by Gasteiger charge is 2.11. The number of carbonyl (C=O) groups excluding carboxylic acids is 1. The molecule has 2 aromatic carbocycles. The van der Waals surface area contributed by atoms with E-state index in [1.165, 1.54) is 0 Å². The van der Waals surface area contributed by atoms with Gasteiger partial charge in [-0.2, -0.15) is 5.26 Å². The minimum absolute atomic E-state index is 0.0549. The molecule has 0 heterocycles. The van der Waals surface area contributed by atoms with Crippen LogP contribution in [0.25, 0.3) is 0 Å². The zero-order chi connectivity index (χ0) is 14.5. The Hall–Kier alpha value is -2.25. The van der Waals surface area contributed by atoms with Crippen LogP contribution in [-0.2, 0) is 6.54 Å². The fourth-order valence-corrected chi connectivity index (χ4v) is 2.06. The first-order chi connectivity index (χ1) is 9.60. The van der Waals surface area contributed by atoms with Crippen LogP contribution in [0.2, 0.25) is 0 Å². The van der Waals surface area contributed by atoms with E-state index in [0.717, 1.165) is 10.5 Å². The molecule has 3 nitrogen and oxygen atoms in total. The van der Waals surface area contributed by atoms with Gasteiger partial charge in [-0.3, -0.25) is 4.79 Å². The molecule has 0 spiro atoms. The Labute approximate surface area is 123 Å². The minimum atomic E-state index is -0.0549. The largest absolute Gasteiger partial charge is 0.337 e. The molecule has 2 aromatic rings. The molecular weight excluding hydrogens is 268 g/mol. The molecule has 0 saturated carbocycles. The Balaban J connectivity index is 2.11. The van der Waals surface area contributed by atoms with Gasteiger partial charge in [0.25, 0.3) is 5.91 Å². The number of nitrogens with zero attached hydrogens (tertiary/aromatic N) is 2. The molecule has 0 bridgehead atoms. The van der Waals surface area contributed by atoms with Crippen LogP contribution in [0.4, 0.5) is 0 Å². The maximum atomic E-state index is 12.3. The topological polar surface area (TPSA) is 44.1 Å². The van der Waals surface area contributed by atoms with Crippen LogP contribution >= 0.6 is 12.6 Å². The highest BCUT2D eigenvalue weighted by molar-refractivity contribution is 7.80. The number of benzene rings is 2. The molecule has 4 heteroatoms. The van der Waals surface area contributed by atoms with Gasteiger partial charge in [-0.05, 0) is 42.0 Å². The van der Waals surface area contributed by atoms with Crippen LogP contribution in [-0.4, -0.2) is 17.9 Å². The average molecular weight is 282 g/mol. The number of hydrogen-bond donors (Lipinski definition) is 1. The summed E-state index contributed by atoms with van der Waals surface area (Å²) in [5, 5.41) is 8.87. The minimum Gasteiger partial charge on any atom is -0.337 e. The van der Waals surface area contributed by atoms with Crippen molar-refractivity contribution < 1.29 is 4.79 Å². The monoisotopic (exact) mass is 282 g/mol. The third-order valence-corrected chi connectivity index (χ3v) is 3.23. The van der Waals surface area contributed by atoms with E-state index in [4.69, 9.17) is 5.26 Å². The summed E-state index contributed by atoms with van der Waals surface area (Å²) in [5.41, 5.74) is 2.16. The number of rotatable bonds is 3. The normalized spacial score (nSPS) is 9.85. The van der Waals surface area contributed by atoms with Gasteiger partial charge in [-0.15, -0.1) is 12.6 Å². The Morgan fingerprint density at radius 1 is 1.25 bits per heavy atom. The Kier molecular flexibility index (Phi) is 4.44. The predicted octanol–water partition coefficient (Wildman–Crippen LogP) is 3.12. The third kappa shape index (κ3) is 3.40. The quantitative estimate of drug-likeness (QED) is 0.879. The molecule has 0 saturated heterocycles. The first-order valence-corrected chi connectivity index (χ1v) is 6.58. The summed E-state index contributed by atoms with van der Waals surface area (Å²) in [5.74, 6) is -0.0549. The molecule has 0 aromatic heterocycles. The number of carbonyl (C=O) groups is 1. The van der Waals surface area contributed by atoms with Gasteiger partial charge >= 0.3 is 0 Å². The van der Waals surface area contributed by atoms with Crippen molar-refractivity contribution in [1.29, 1.82) is 5.26 Å². The van der Waals surface area contributed by atoms with Crippen molar-refractivity contribution >= 4 is 18.5 Å². The molecular formula is C16H14N2OS. The number of nitriles is 1. The van der Waals surface area contributed by atoms with E-state index < -0.39 is 0 Å². The molecule has 2 rings (SSSR count). The van der Waals surface area contributed by atoms with Crippen LogP contribution in [0.5, 0.6) is 0 Å². The summed E-state index contributed by atoms with van der Waals surface area (Å²) in [6.07, 6.45) is 0. The van der Waals surface area contributed by atoms with E-state index in [9.17, 15) is 4.79 Å². The van der Waals surface area contributed by atoms with Crippen LogP contribution in [0, 0.1) is 11.3 Å². The number of hydrogen-bond acceptors (Lipinski definition) is 3. The van der Waals surface area contributed by atoms with Crippen molar-refractivity contribution in [2.75, 3.05) is 7.05 Å². The van der Waals surface area contributed by atoms with Crippen LogP contribution in [0.3, 0.4) is 0 Å². The van der Waals surface area contributed by atoms with Gasteiger partial charge in [0.2, 0.25) is 0 Å². The summed E-state index contributed by atoms with van der Waals surface area (Å²) in [4.78, 5) is 14.7. The van der Waals surface area contributed by atoms with Crippen molar-refractivity contribution in [3.05, 3.63) is 65.2 Å². The molecule has 0 aliphatic heterocycles. The fourth-order valence-electron chi connectivity index (χ4n) is 1.91. The van der Waals surface area contributed by atoms with Crippen molar-refractivity contribution in [2.45, 2.75) is 11.4 Å². The van der Waals surface area contributed by atoms with Crippen molar-refractivity contribution in [1.82, 2.24) is 4.90 Å². The molecule has 0 radical (unpaired) electrons. The molecule has 0 N–H and O–H groups in total. The molecule has 0 aliphatic carbocycles. The maximum Gasteiger partial charge on any atom is 0.253 e. The lowest BCUT2D eigenvalue weighted by atomic mass is 10.1. The standard InChI is InChI=1S/C16H14N2OS/c1-18(11-13-4-2-3-12(9-13)10-17)16(19)14-5-7-15(20)8-6-14/h2-9,20H,11H2,1H3. The molecule has 0 fully saturated rings. The fraction of sp³-hybridized carbons (Fsp3) is 0.125. The Morgan fingerprint density at radius 3 is 2.60 bits per heavy atom. The molecule has 0 atom stereocenters. The molecule has 0 unspecified atom stereocenters. The summed E-state index contributed by atoms with van der Waals surface area (Å²) >= 11 is 4.20. The second-order valence-corrected chi connectivity index (χ2v) is 5.04. The van der Waals surface area contributed by atoms with E-state index >= 15 is 0 Å². The van der Waals surface area contributed by atoms with Gasteiger partial charge in [0.1, 0.15) is 0 Å². The van der Waals surface area contributed by atoms with E-state index in [0.29, 0.717) is 17.7 Å². The zero-order valence-electron chi connectivity index (χ0n) is 11.1. The number of thiol groups is 1. The summed E-state index contributed by atoms with van der Waals surface area (Å²) in [6, 6.07) is 16.5. The second-order valence-electron chi connectivity index (χ2n) is 4.52. The first kappa shape index (κ1) is 14.2. The zero-order valence-corrected chi connectivity index (χ0v) is 12.0. The van der Waals surface area contributed by atoms with Gasteiger partial charge < -0.3 is 4.90 Å². The van der Waals surface area contributed by atoms with Gasteiger partial charge in [0, 0.05) is 24.1 Å². The summed E-state index contributed by atoms with van der Waals surface area (Å²) < 4.78 is 0. The molecule has 1 amide bonds. The van der Waals surface area contributed by atoms with Crippen LogP contribution in [0.1, 0.15) is 21.5 Å². The Bertz CT molecular complexity index is 659. The van der Waals surface area contributed by atoms with Gasteiger partial charge in [0.05, 0.1) is 11.6 Å². The van der Waals surface area contributed by atoms with Crippen molar-refractivity contribution in [3.8, 4) is 6.07 Å². The highest BCUT2D eigenvalue weighted by atomic mass is 32.1. The highest BCUT2D eigenvalue weighted by Crippen LogP contribution is 2.12. The van der Waals surface area contributed by atoms with E-state index in [2.05, 4.69) is 18.7 Å². The maximum absolute atomic E-state index is 12.3. The van der Waals surface area contributed by atoms with Gasteiger partial charge in [-0.1, -0.05) is 12.1 Å². The Morgan fingerprint density at radius 2 is 1.95 bits per heavy atom. The third-order valence-electron chi connectivity index (χ3n) is 2.94. The lowest BCUT2D eigenvalue weighted by Gasteiger charge is -2.17. The van der Waals surface area contributed by atoms with Crippen molar-refractivity contribution in [3.63, 3.8) is 0 Å². The van der Waals surface area contributed by atoms with Crippen LogP contribution < -0.4 is 0 Å². The average Bonchev–Trinajstić information content (AvgIpc) is 2.47. The summed E-state index contributed by atoms with van der Waals surface area (Å²) in [6.45, 7) is 0.469. The van der Waals surface area contributed by atoms with E-state index in [-0.39, 0.29) is 5.91 Å². The lowest BCUT2D eigenvalue weighted by molar-refractivity contribution is 0.0785. The first-order valence-electron chi connectivity index (χ1n) is 6.13. The number of amides is 1. The van der Waals surface area contributed by atoms with Gasteiger partial charge in [-0.25, -0.2) is 0 Å². The SMILES string of the molecule is CN(Cc1cccc(C#N)c1)C(=O)c1ccc(S)cc1. The second kappa shape index (κ2) is 6.27. The molecule has 20 heavy (non-hydrogen) atoms. The molecule has 100 valence electrons. The van der Waals surface area contributed by atoms with Crippen LogP contribution in [0.15, 0.2) is 53.4 Å². The molecule has 0 aliphatic rings. The van der Waals surface area contributed by atoms with E-state index in [1.54, 1.807) is 48.3 Å². The smallest absolute Gasteiger partial charge is 0.253 e. The predicted molar refractivity (Wildman–Crippen MR) is 80.6 cm³/mol.